The predicted molar refractivity (Wildman–Crippen MR) is 109 cm³/mol. The summed E-state index contributed by atoms with van der Waals surface area (Å²) in [5.41, 5.74) is 0.580. The molecule has 1 aliphatic heterocycles. The summed E-state index contributed by atoms with van der Waals surface area (Å²) in [6.45, 7) is 2.70. The Labute approximate surface area is 169 Å². The molecule has 0 aromatic carbocycles. The molecule has 0 amide bonds. The van der Waals surface area contributed by atoms with Crippen LogP contribution in [0.15, 0.2) is 23.1 Å². The molecule has 2 aliphatic rings. The van der Waals surface area contributed by atoms with E-state index in [0.717, 1.165) is 24.6 Å². The number of hydrogen-bond donors (Lipinski definition) is 1. The Hall–Kier alpha value is -2.07. The summed E-state index contributed by atoms with van der Waals surface area (Å²) in [5.74, 6) is 0.848. The van der Waals surface area contributed by atoms with Gasteiger partial charge in [0.05, 0.1) is 0 Å². The molecule has 10 heteroatoms. The zero-order valence-electron chi connectivity index (χ0n) is 16.4. The standard InChI is InChI=1S/C19H26FN5O3S/c1-13-3-2-4-16(13)25-17(26)6-5-14-11-21-19(23-18(14)25)22-15-7-9-24(10-8-15)29(27,28)12-20/h5-6,11,13,15-16H,2-4,7-10,12H2,1H3,(H,21,22,23)/t13-,16+/m0/s1. The molecule has 0 bridgehead atoms. The van der Waals surface area contributed by atoms with Crippen LogP contribution in [-0.2, 0) is 10.0 Å². The molecule has 3 heterocycles. The minimum atomic E-state index is -3.80. The number of rotatable bonds is 5. The summed E-state index contributed by atoms with van der Waals surface area (Å²) < 4.78 is 39.0. The third-order valence-corrected chi connectivity index (χ3v) is 7.56. The number of piperidine rings is 1. The summed E-state index contributed by atoms with van der Waals surface area (Å²) in [6, 6.07) is 2.09. The first kappa shape index (κ1) is 20.2. The van der Waals surface area contributed by atoms with E-state index in [1.807, 2.05) is 0 Å². The molecule has 2 atom stereocenters. The van der Waals surface area contributed by atoms with E-state index in [-0.39, 0.29) is 30.7 Å². The maximum absolute atomic E-state index is 12.7. The van der Waals surface area contributed by atoms with Crippen LogP contribution in [0.25, 0.3) is 11.0 Å². The Morgan fingerprint density at radius 2 is 1.97 bits per heavy atom. The first-order chi connectivity index (χ1) is 13.9. The Morgan fingerprint density at radius 1 is 1.21 bits per heavy atom. The predicted octanol–water partition coefficient (Wildman–Crippen LogP) is 2.29. The number of sulfonamides is 1. The van der Waals surface area contributed by atoms with Crippen LogP contribution in [0.2, 0.25) is 0 Å². The van der Waals surface area contributed by atoms with Crippen molar-refractivity contribution in [2.75, 3.05) is 24.4 Å². The fourth-order valence-electron chi connectivity index (χ4n) is 4.47. The first-order valence-corrected chi connectivity index (χ1v) is 11.7. The highest BCUT2D eigenvalue weighted by molar-refractivity contribution is 7.88. The third kappa shape index (κ3) is 4.00. The molecule has 0 unspecified atom stereocenters. The fraction of sp³-hybridized carbons (Fsp3) is 0.632. The first-order valence-electron chi connectivity index (χ1n) is 10.1. The van der Waals surface area contributed by atoms with Gasteiger partial charge in [0.15, 0.2) is 0 Å². The summed E-state index contributed by atoms with van der Waals surface area (Å²) in [7, 11) is -3.80. The highest BCUT2D eigenvalue weighted by Gasteiger charge is 2.29. The van der Waals surface area contributed by atoms with E-state index in [2.05, 4.69) is 22.2 Å². The molecule has 0 spiro atoms. The Bertz CT molecular complexity index is 1050. The Kier molecular flexibility index (Phi) is 5.56. The van der Waals surface area contributed by atoms with Crippen molar-refractivity contribution in [2.24, 2.45) is 5.92 Å². The van der Waals surface area contributed by atoms with Crippen molar-refractivity contribution < 1.29 is 12.8 Å². The van der Waals surface area contributed by atoms with Crippen LogP contribution in [0.4, 0.5) is 10.3 Å². The number of alkyl halides is 1. The molecule has 1 N–H and O–H groups in total. The van der Waals surface area contributed by atoms with Gasteiger partial charge in [0.2, 0.25) is 22.0 Å². The van der Waals surface area contributed by atoms with Gasteiger partial charge in [0.1, 0.15) is 5.65 Å². The third-order valence-electron chi connectivity index (χ3n) is 6.13. The molecule has 0 radical (unpaired) electrons. The number of fused-ring (bicyclic) bond motifs is 1. The maximum atomic E-state index is 12.7. The van der Waals surface area contributed by atoms with E-state index in [9.17, 15) is 17.6 Å². The van der Waals surface area contributed by atoms with Crippen molar-refractivity contribution in [1.29, 1.82) is 0 Å². The normalized spacial score (nSPS) is 24.2. The molecule has 8 nitrogen and oxygen atoms in total. The van der Waals surface area contributed by atoms with Gasteiger partial charge in [-0.1, -0.05) is 13.3 Å². The largest absolute Gasteiger partial charge is 0.351 e. The van der Waals surface area contributed by atoms with Crippen LogP contribution in [0.3, 0.4) is 0 Å². The number of pyridine rings is 1. The monoisotopic (exact) mass is 423 g/mol. The van der Waals surface area contributed by atoms with Crippen molar-refractivity contribution in [3.8, 4) is 0 Å². The van der Waals surface area contributed by atoms with E-state index < -0.39 is 16.0 Å². The van der Waals surface area contributed by atoms with Crippen molar-refractivity contribution in [3.05, 3.63) is 28.7 Å². The van der Waals surface area contributed by atoms with Crippen LogP contribution in [0.5, 0.6) is 0 Å². The lowest BCUT2D eigenvalue weighted by Crippen LogP contribution is -2.43. The second kappa shape index (κ2) is 7.98. The highest BCUT2D eigenvalue weighted by atomic mass is 32.2. The SMILES string of the molecule is C[C@H]1CCC[C@H]1n1c(=O)ccc2cnc(NC3CCN(S(=O)(=O)CF)CC3)nc21. The Balaban J connectivity index is 1.56. The van der Waals surface area contributed by atoms with E-state index in [1.165, 1.54) is 4.31 Å². The number of nitrogens with zero attached hydrogens (tertiary/aromatic N) is 4. The molecule has 2 aromatic heterocycles. The van der Waals surface area contributed by atoms with Crippen molar-refractivity contribution in [1.82, 2.24) is 18.8 Å². The molecule has 2 aromatic rings. The lowest BCUT2D eigenvalue weighted by Gasteiger charge is -2.30. The molecular formula is C19H26FN5O3S. The minimum Gasteiger partial charge on any atom is -0.351 e. The summed E-state index contributed by atoms with van der Waals surface area (Å²) >= 11 is 0. The van der Waals surface area contributed by atoms with Gasteiger partial charge in [-0.25, -0.2) is 17.8 Å². The molecule has 4 rings (SSSR count). The molecule has 1 saturated heterocycles. The molecule has 1 aliphatic carbocycles. The number of nitrogens with one attached hydrogen (secondary N) is 1. The van der Waals surface area contributed by atoms with E-state index in [1.54, 1.807) is 22.9 Å². The van der Waals surface area contributed by atoms with Gasteiger partial charge in [-0.15, -0.1) is 0 Å². The van der Waals surface area contributed by atoms with Crippen molar-refractivity contribution in [2.45, 2.75) is 51.1 Å². The van der Waals surface area contributed by atoms with Gasteiger partial charge < -0.3 is 5.32 Å². The second-order valence-corrected chi connectivity index (χ2v) is 9.93. The fourth-order valence-corrected chi connectivity index (χ4v) is 5.37. The molecule has 2 fully saturated rings. The number of hydrogen-bond acceptors (Lipinski definition) is 6. The number of anilines is 1. The summed E-state index contributed by atoms with van der Waals surface area (Å²) in [6.07, 6.45) is 5.97. The second-order valence-electron chi connectivity index (χ2n) is 8.03. The number of halogens is 1. The topological polar surface area (TPSA) is 97.2 Å². The molecule has 1 saturated carbocycles. The lowest BCUT2D eigenvalue weighted by atomic mass is 10.1. The van der Waals surface area contributed by atoms with Gasteiger partial charge in [0.25, 0.3) is 5.56 Å². The summed E-state index contributed by atoms with van der Waals surface area (Å²) in [4.78, 5) is 21.6. The van der Waals surface area contributed by atoms with Gasteiger partial charge >= 0.3 is 0 Å². The van der Waals surface area contributed by atoms with Crippen molar-refractivity contribution in [3.63, 3.8) is 0 Å². The van der Waals surface area contributed by atoms with E-state index in [4.69, 9.17) is 0 Å². The van der Waals surface area contributed by atoms with E-state index >= 15 is 0 Å². The van der Waals surface area contributed by atoms with Crippen LogP contribution < -0.4 is 10.9 Å². The Morgan fingerprint density at radius 3 is 2.62 bits per heavy atom. The zero-order chi connectivity index (χ0) is 20.6. The maximum Gasteiger partial charge on any atom is 0.252 e. The number of aromatic nitrogens is 3. The van der Waals surface area contributed by atoms with Crippen LogP contribution in [0, 0.1) is 5.92 Å². The average Bonchev–Trinajstić information content (AvgIpc) is 3.13. The van der Waals surface area contributed by atoms with Crippen LogP contribution in [0.1, 0.15) is 45.1 Å². The average molecular weight is 424 g/mol. The lowest BCUT2D eigenvalue weighted by molar-refractivity contribution is 0.323. The quantitative estimate of drug-likeness (QED) is 0.793. The molecule has 29 heavy (non-hydrogen) atoms. The van der Waals surface area contributed by atoms with Gasteiger partial charge in [-0.3, -0.25) is 9.36 Å². The molecular weight excluding hydrogens is 397 g/mol. The zero-order valence-corrected chi connectivity index (χ0v) is 17.2. The van der Waals surface area contributed by atoms with Crippen LogP contribution in [-0.4, -0.2) is 52.4 Å². The van der Waals surface area contributed by atoms with Crippen molar-refractivity contribution >= 4 is 27.0 Å². The van der Waals surface area contributed by atoms with Crippen LogP contribution >= 0.6 is 0 Å². The molecule has 158 valence electrons. The smallest absolute Gasteiger partial charge is 0.252 e. The highest BCUT2D eigenvalue weighted by Crippen LogP contribution is 2.35. The van der Waals surface area contributed by atoms with Gasteiger partial charge in [0, 0.05) is 42.8 Å². The van der Waals surface area contributed by atoms with Gasteiger partial charge in [-0.05, 0) is 37.7 Å². The minimum absolute atomic E-state index is 0.00667. The summed E-state index contributed by atoms with van der Waals surface area (Å²) in [5, 5.41) is 4.08. The van der Waals surface area contributed by atoms with E-state index in [0.29, 0.717) is 30.4 Å². The van der Waals surface area contributed by atoms with Gasteiger partial charge in [-0.2, -0.15) is 9.29 Å².